The van der Waals surface area contributed by atoms with E-state index >= 15 is 0 Å². The Morgan fingerprint density at radius 2 is 0.977 bits per heavy atom. The molecule has 1 aliphatic heterocycles. The normalized spacial score (nSPS) is 12.0. The molecule has 3 nitrogen and oxygen atoms in total. The van der Waals surface area contributed by atoms with Crippen LogP contribution in [0.4, 0.5) is 11.4 Å². The first-order valence-corrected chi connectivity index (χ1v) is 15.0. The minimum Gasteiger partial charge on any atom is -0.376 e. The third-order valence-electron chi connectivity index (χ3n) is 8.33. The van der Waals surface area contributed by atoms with E-state index in [2.05, 4.69) is 163 Å². The van der Waals surface area contributed by atoms with Gasteiger partial charge in [0.2, 0.25) is 0 Å². The van der Waals surface area contributed by atoms with Crippen LogP contribution in [0.3, 0.4) is 0 Å². The van der Waals surface area contributed by atoms with Gasteiger partial charge in [-0.25, -0.2) is 9.97 Å². The highest BCUT2D eigenvalue weighted by molar-refractivity contribution is 6.90. The highest BCUT2D eigenvalue weighted by Gasteiger charge is 2.36. The van der Waals surface area contributed by atoms with Gasteiger partial charge < -0.3 is 4.81 Å². The van der Waals surface area contributed by atoms with E-state index in [1.807, 2.05) is 12.1 Å². The maximum atomic E-state index is 5.11. The van der Waals surface area contributed by atoms with E-state index in [1.54, 1.807) is 0 Å². The molecular formula is C40H28BN3. The highest BCUT2D eigenvalue weighted by atomic mass is 15.1. The van der Waals surface area contributed by atoms with Crippen LogP contribution in [-0.4, -0.2) is 16.8 Å². The lowest BCUT2D eigenvalue weighted by Crippen LogP contribution is -2.57. The molecule has 0 saturated heterocycles. The zero-order valence-corrected chi connectivity index (χ0v) is 24.1. The summed E-state index contributed by atoms with van der Waals surface area (Å²) in [5.74, 6) is 0.703. The van der Waals surface area contributed by atoms with Crippen molar-refractivity contribution in [2.45, 2.75) is 0 Å². The monoisotopic (exact) mass is 561 g/mol. The van der Waals surface area contributed by atoms with Crippen molar-refractivity contribution >= 4 is 29.1 Å². The van der Waals surface area contributed by atoms with Crippen molar-refractivity contribution in [1.29, 1.82) is 0 Å². The standard InChI is InChI=1S/C40H28BN3/c1-4-15-29(16-5-1)37-28-38(30-17-6-2-7-18-30)43-40(42-37)31-19-14-22-33(27-31)44-39-26-13-11-24-35(39)34-23-10-12-25-36(34)41(44)32-20-8-3-9-21-32/h1-28H. The molecule has 0 fully saturated rings. The molecule has 4 heteroatoms. The first-order valence-electron chi connectivity index (χ1n) is 15.0. The van der Waals surface area contributed by atoms with Crippen molar-refractivity contribution in [2.75, 3.05) is 4.81 Å². The molecule has 7 aromatic rings. The second kappa shape index (κ2) is 11.2. The summed E-state index contributed by atoms with van der Waals surface area (Å²) in [6, 6.07) is 59.7. The lowest BCUT2D eigenvalue weighted by Gasteiger charge is -2.39. The van der Waals surface area contributed by atoms with Crippen LogP contribution in [0, 0.1) is 0 Å². The van der Waals surface area contributed by atoms with Crippen molar-refractivity contribution < 1.29 is 0 Å². The van der Waals surface area contributed by atoms with E-state index in [0.29, 0.717) is 5.82 Å². The van der Waals surface area contributed by atoms with Gasteiger partial charge >= 0.3 is 6.85 Å². The Morgan fingerprint density at radius 1 is 0.432 bits per heavy atom. The molecule has 1 aliphatic rings. The summed E-state index contributed by atoms with van der Waals surface area (Å²) in [7, 11) is 0. The molecule has 0 atom stereocenters. The number of nitrogens with zero attached hydrogens (tertiary/aromatic N) is 3. The fraction of sp³-hybridized carbons (Fsp3) is 0. The van der Waals surface area contributed by atoms with Crippen LogP contribution < -0.4 is 15.7 Å². The van der Waals surface area contributed by atoms with Crippen molar-refractivity contribution in [3.63, 3.8) is 0 Å². The lowest BCUT2D eigenvalue weighted by molar-refractivity contribution is 1.18. The van der Waals surface area contributed by atoms with Crippen LogP contribution >= 0.6 is 0 Å². The fourth-order valence-electron chi connectivity index (χ4n) is 6.31. The van der Waals surface area contributed by atoms with Gasteiger partial charge in [-0.15, -0.1) is 0 Å². The van der Waals surface area contributed by atoms with E-state index in [1.165, 1.54) is 27.7 Å². The van der Waals surface area contributed by atoms with Crippen molar-refractivity contribution in [1.82, 2.24) is 9.97 Å². The smallest absolute Gasteiger partial charge is 0.328 e. The molecule has 6 aromatic carbocycles. The first-order chi connectivity index (χ1) is 21.8. The number of benzene rings is 6. The number of aromatic nitrogens is 2. The molecule has 1 aromatic heterocycles. The van der Waals surface area contributed by atoms with Crippen molar-refractivity contribution in [3.05, 3.63) is 170 Å². The van der Waals surface area contributed by atoms with Crippen LogP contribution in [-0.2, 0) is 0 Å². The quantitative estimate of drug-likeness (QED) is 0.198. The number of rotatable bonds is 5. The van der Waals surface area contributed by atoms with E-state index in [-0.39, 0.29) is 6.85 Å². The molecule has 2 heterocycles. The second-order valence-electron chi connectivity index (χ2n) is 11.0. The Hall–Kier alpha value is -5.74. The number of anilines is 2. The SMILES string of the molecule is c1ccc(B2c3ccccc3-c3ccccc3N2c2cccc(-c3nc(-c4ccccc4)cc(-c4ccccc4)n3)c2)cc1. The van der Waals surface area contributed by atoms with E-state index in [9.17, 15) is 0 Å². The van der Waals surface area contributed by atoms with Crippen molar-refractivity contribution in [2.24, 2.45) is 0 Å². The van der Waals surface area contributed by atoms with Crippen molar-refractivity contribution in [3.8, 4) is 45.0 Å². The molecular weight excluding hydrogens is 533 g/mol. The number of para-hydroxylation sites is 1. The Labute approximate surface area is 258 Å². The third-order valence-corrected chi connectivity index (χ3v) is 8.33. The summed E-state index contributed by atoms with van der Waals surface area (Å²) in [4.78, 5) is 12.7. The predicted molar refractivity (Wildman–Crippen MR) is 184 cm³/mol. The number of hydrogen-bond acceptors (Lipinski definition) is 3. The largest absolute Gasteiger partial charge is 0.376 e. The van der Waals surface area contributed by atoms with Crippen LogP contribution in [0.2, 0.25) is 0 Å². The Balaban J connectivity index is 1.32. The zero-order chi connectivity index (χ0) is 29.3. The molecule has 0 amide bonds. The van der Waals surface area contributed by atoms with Gasteiger partial charge in [-0.2, -0.15) is 0 Å². The van der Waals surface area contributed by atoms with Gasteiger partial charge in [-0.05, 0) is 35.3 Å². The van der Waals surface area contributed by atoms with Crippen LogP contribution in [0.1, 0.15) is 0 Å². The van der Waals surface area contributed by atoms with Crippen LogP contribution in [0.25, 0.3) is 45.0 Å². The van der Waals surface area contributed by atoms with Gasteiger partial charge in [0, 0.05) is 33.6 Å². The maximum Gasteiger partial charge on any atom is 0.328 e. The summed E-state index contributed by atoms with van der Waals surface area (Å²) in [6.07, 6.45) is 0. The Kier molecular flexibility index (Phi) is 6.58. The molecule has 0 unspecified atom stereocenters. The molecule has 8 rings (SSSR count). The molecule has 206 valence electrons. The summed E-state index contributed by atoms with van der Waals surface area (Å²) in [5, 5.41) is 0. The van der Waals surface area contributed by atoms with Gasteiger partial charge in [0.15, 0.2) is 5.82 Å². The number of fused-ring (bicyclic) bond motifs is 3. The highest BCUT2D eigenvalue weighted by Crippen LogP contribution is 2.40. The third kappa shape index (κ3) is 4.67. The molecule has 0 spiro atoms. The molecule has 0 saturated carbocycles. The average molecular weight is 561 g/mol. The van der Waals surface area contributed by atoms with Gasteiger partial charge in [-0.1, -0.05) is 151 Å². The first kappa shape index (κ1) is 25.9. The summed E-state index contributed by atoms with van der Waals surface area (Å²) < 4.78 is 0. The summed E-state index contributed by atoms with van der Waals surface area (Å²) in [6.45, 7) is 0.00833. The summed E-state index contributed by atoms with van der Waals surface area (Å²) >= 11 is 0. The van der Waals surface area contributed by atoms with Gasteiger partial charge in [0.25, 0.3) is 0 Å². The fourth-order valence-corrected chi connectivity index (χ4v) is 6.31. The predicted octanol–water partition coefficient (Wildman–Crippen LogP) is 8.40. The minimum absolute atomic E-state index is 0.00833. The minimum atomic E-state index is 0.00833. The Morgan fingerprint density at radius 3 is 1.66 bits per heavy atom. The molecule has 0 radical (unpaired) electrons. The average Bonchev–Trinajstić information content (AvgIpc) is 3.12. The topological polar surface area (TPSA) is 29.0 Å². The lowest BCUT2D eigenvalue weighted by atomic mass is 9.46. The van der Waals surface area contributed by atoms with Crippen LogP contribution in [0.5, 0.6) is 0 Å². The number of hydrogen-bond donors (Lipinski definition) is 0. The van der Waals surface area contributed by atoms with Crippen LogP contribution in [0.15, 0.2) is 170 Å². The Bertz CT molecular complexity index is 2020. The molecule has 0 bridgehead atoms. The zero-order valence-electron chi connectivity index (χ0n) is 24.1. The maximum absolute atomic E-state index is 5.11. The molecule has 0 aliphatic carbocycles. The summed E-state index contributed by atoms with van der Waals surface area (Å²) in [5.41, 5.74) is 12.2. The second-order valence-corrected chi connectivity index (χ2v) is 11.0. The van der Waals surface area contributed by atoms with Gasteiger partial charge in [0.05, 0.1) is 11.4 Å². The van der Waals surface area contributed by atoms with Gasteiger partial charge in [-0.3, -0.25) is 0 Å². The van der Waals surface area contributed by atoms with E-state index in [0.717, 1.165) is 33.8 Å². The molecule has 0 N–H and O–H groups in total. The van der Waals surface area contributed by atoms with E-state index < -0.39 is 0 Å². The van der Waals surface area contributed by atoms with E-state index in [4.69, 9.17) is 9.97 Å². The van der Waals surface area contributed by atoms with Gasteiger partial charge in [0.1, 0.15) is 0 Å². The molecule has 44 heavy (non-hydrogen) atoms.